The van der Waals surface area contributed by atoms with Crippen LogP contribution in [0.1, 0.15) is 12.0 Å². The van der Waals surface area contributed by atoms with Crippen LogP contribution in [0.3, 0.4) is 0 Å². The third-order valence-electron chi connectivity index (χ3n) is 2.26. The zero-order valence-electron chi connectivity index (χ0n) is 9.01. The van der Waals surface area contributed by atoms with E-state index in [1.807, 2.05) is 6.07 Å². The fraction of sp³-hybridized carbons (Fsp3) is 0.273. The molecule has 0 aromatic heterocycles. The van der Waals surface area contributed by atoms with Crippen molar-refractivity contribution in [3.05, 3.63) is 29.8 Å². The minimum Gasteiger partial charge on any atom is -0.481 e. The van der Waals surface area contributed by atoms with Gasteiger partial charge in [-0.3, -0.25) is 9.69 Å². The zero-order chi connectivity index (χ0) is 12.1. The van der Waals surface area contributed by atoms with Gasteiger partial charge in [0.15, 0.2) is 0 Å². The van der Waals surface area contributed by atoms with E-state index in [0.29, 0.717) is 12.1 Å². The van der Waals surface area contributed by atoms with Crippen LogP contribution in [-0.4, -0.2) is 24.2 Å². The van der Waals surface area contributed by atoms with Crippen LogP contribution >= 0.6 is 0 Å². The topological polar surface area (TPSA) is 83.6 Å². The van der Waals surface area contributed by atoms with E-state index in [9.17, 15) is 9.59 Å². The molecule has 1 aromatic rings. The lowest BCUT2D eigenvalue weighted by Crippen LogP contribution is -2.31. The van der Waals surface area contributed by atoms with Crippen molar-refractivity contribution in [2.45, 2.75) is 12.8 Å². The number of hydrogen-bond acceptors (Lipinski definition) is 2. The van der Waals surface area contributed by atoms with Gasteiger partial charge in [0.1, 0.15) is 0 Å². The highest BCUT2D eigenvalue weighted by Gasteiger charge is 2.07. The number of carboxylic acid groups (broad SMARTS) is 1. The molecule has 1 aromatic carbocycles. The van der Waals surface area contributed by atoms with Crippen molar-refractivity contribution in [2.24, 2.45) is 5.73 Å². The first-order valence-electron chi connectivity index (χ1n) is 4.84. The predicted molar refractivity (Wildman–Crippen MR) is 60.4 cm³/mol. The minimum absolute atomic E-state index is 0.0732. The second kappa shape index (κ2) is 5.16. The molecule has 0 saturated carbocycles. The van der Waals surface area contributed by atoms with Gasteiger partial charge in [0.2, 0.25) is 0 Å². The maximum atomic E-state index is 10.9. The molecule has 0 aliphatic rings. The van der Waals surface area contributed by atoms with Crippen molar-refractivity contribution >= 4 is 17.7 Å². The number of hydrogen-bond donors (Lipinski definition) is 2. The van der Waals surface area contributed by atoms with E-state index in [1.54, 1.807) is 25.2 Å². The molecule has 16 heavy (non-hydrogen) atoms. The molecule has 5 nitrogen and oxygen atoms in total. The van der Waals surface area contributed by atoms with Crippen LogP contribution in [-0.2, 0) is 11.2 Å². The number of benzene rings is 1. The third kappa shape index (κ3) is 3.27. The number of carboxylic acids is 1. The molecule has 5 heteroatoms. The SMILES string of the molecule is CN(C(N)=O)c1cccc(CCC(=O)O)c1. The van der Waals surface area contributed by atoms with Gasteiger partial charge < -0.3 is 10.8 Å². The Morgan fingerprint density at radius 3 is 2.69 bits per heavy atom. The van der Waals surface area contributed by atoms with Crippen LogP contribution in [0, 0.1) is 0 Å². The Hall–Kier alpha value is -2.04. The number of nitrogens with zero attached hydrogens (tertiary/aromatic N) is 1. The van der Waals surface area contributed by atoms with Gasteiger partial charge in [-0.2, -0.15) is 0 Å². The van der Waals surface area contributed by atoms with Gasteiger partial charge >= 0.3 is 12.0 Å². The molecule has 1 rings (SSSR count). The number of aryl methyl sites for hydroxylation is 1. The zero-order valence-corrected chi connectivity index (χ0v) is 9.01. The fourth-order valence-electron chi connectivity index (χ4n) is 1.30. The second-order valence-corrected chi connectivity index (χ2v) is 3.46. The Bertz CT molecular complexity index is 404. The molecule has 0 radical (unpaired) electrons. The molecule has 0 saturated heterocycles. The first kappa shape index (κ1) is 12.0. The number of amides is 2. The summed E-state index contributed by atoms with van der Waals surface area (Å²) in [5.41, 5.74) is 6.66. The largest absolute Gasteiger partial charge is 0.481 e. The van der Waals surface area contributed by atoms with Crippen molar-refractivity contribution < 1.29 is 14.7 Å². The normalized spacial score (nSPS) is 9.81. The number of anilines is 1. The second-order valence-electron chi connectivity index (χ2n) is 3.46. The van der Waals surface area contributed by atoms with Gasteiger partial charge in [0.25, 0.3) is 0 Å². The Morgan fingerprint density at radius 1 is 1.44 bits per heavy atom. The Kier molecular flexibility index (Phi) is 3.88. The quantitative estimate of drug-likeness (QED) is 0.803. The summed E-state index contributed by atoms with van der Waals surface area (Å²) in [4.78, 5) is 22.7. The van der Waals surface area contributed by atoms with Gasteiger partial charge in [-0.05, 0) is 24.1 Å². The van der Waals surface area contributed by atoms with Crippen LogP contribution in [0.4, 0.5) is 10.5 Å². The summed E-state index contributed by atoms with van der Waals surface area (Å²) in [5.74, 6) is -0.839. The summed E-state index contributed by atoms with van der Waals surface area (Å²) in [6, 6.07) is 6.55. The van der Waals surface area contributed by atoms with E-state index in [0.717, 1.165) is 5.56 Å². The van der Waals surface area contributed by atoms with Crippen molar-refractivity contribution in [3.8, 4) is 0 Å². The van der Waals surface area contributed by atoms with E-state index in [-0.39, 0.29) is 6.42 Å². The summed E-state index contributed by atoms with van der Waals surface area (Å²) in [5, 5.41) is 8.56. The maximum Gasteiger partial charge on any atom is 0.318 e. The van der Waals surface area contributed by atoms with Crippen molar-refractivity contribution in [1.82, 2.24) is 0 Å². The summed E-state index contributed by atoms with van der Waals surface area (Å²) in [7, 11) is 1.57. The highest BCUT2D eigenvalue weighted by atomic mass is 16.4. The highest BCUT2D eigenvalue weighted by Crippen LogP contribution is 2.15. The molecule has 0 aliphatic heterocycles. The lowest BCUT2D eigenvalue weighted by atomic mass is 10.1. The Labute approximate surface area is 93.5 Å². The van der Waals surface area contributed by atoms with Crippen LogP contribution in [0.25, 0.3) is 0 Å². The molecule has 0 unspecified atom stereocenters. The lowest BCUT2D eigenvalue weighted by molar-refractivity contribution is -0.136. The molecular weight excluding hydrogens is 208 g/mol. The van der Waals surface area contributed by atoms with E-state index < -0.39 is 12.0 Å². The van der Waals surface area contributed by atoms with Crippen molar-refractivity contribution in [3.63, 3.8) is 0 Å². The monoisotopic (exact) mass is 222 g/mol. The third-order valence-corrected chi connectivity index (χ3v) is 2.26. The molecule has 3 N–H and O–H groups in total. The van der Waals surface area contributed by atoms with Gasteiger partial charge in [-0.1, -0.05) is 12.1 Å². The molecule has 0 fully saturated rings. The minimum atomic E-state index is -0.839. The van der Waals surface area contributed by atoms with Crippen LogP contribution in [0.2, 0.25) is 0 Å². The summed E-state index contributed by atoms with van der Waals surface area (Å²) < 4.78 is 0. The number of rotatable bonds is 4. The number of urea groups is 1. The maximum absolute atomic E-state index is 10.9. The van der Waals surface area contributed by atoms with Gasteiger partial charge in [0, 0.05) is 19.2 Å². The van der Waals surface area contributed by atoms with Crippen LogP contribution in [0.15, 0.2) is 24.3 Å². The number of nitrogens with two attached hydrogens (primary N) is 1. The molecular formula is C11H14N2O3. The standard InChI is InChI=1S/C11H14N2O3/c1-13(11(12)16)9-4-2-3-8(7-9)5-6-10(14)15/h2-4,7H,5-6H2,1H3,(H2,12,16)(H,14,15). The van der Waals surface area contributed by atoms with Gasteiger partial charge in [-0.15, -0.1) is 0 Å². The highest BCUT2D eigenvalue weighted by molar-refractivity contribution is 5.90. The smallest absolute Gasteiger partial charge is 0.318 e. The summed E-state index contributed by atoms with van der Waals surface area (Å²) >= 11 is 0. The Morgan fingerprint density at radius 2 is 2.12 bits per heavy atom. The molecule has 0 atom stereocenters. The first-order valence-corrected chi connectivity index (χ1v) is 4.84. The van der Waals surface area contributed by atoms with E-state index in [1.165, 1.54) is 4.90 Å². The summed E-state index contributed by atoms with van der Waals surface area (Å²) in [6.45, 7) is 0. The van der Waals surface area contributed by atoms with Crippen LogP contribution < -0.4 is 10.6 Å². The van der Waals surface area contributed by atoms with Gasteiger partial charge in [0.05, 0.1) is 0 Å². The fourth-order valence-corrected chi connectivity index (χ4v) is 1.30. The number of carbonyl (C=O) groups is 2. The average Bonchev–Trinajstić information content (AvgIpc) is 2.25. The predicted octanol–water partition coefficient (Wildman–Crippen LogP) is 1.22. The molecule has 2 amide bonds. The van der Waals surface area contributed by atoms with E-state index in [2.05, 4.69) is 0 Å². The number of primary amides is 1. The van der Waals surface area contributed by atoms with E-state index in [4.69, 9.17) is 10.8 Å². The average molecular weight is 222 g/mol. The lowest BCUT2D eigenvalue weighted by Gasteiger charge is -2.15. The molecule has 0 spiro atoms. The molecule has 0 heterocycles. The van der Waals surface area contributed by atoms with E-state index >= 15 is 0 Å². The van der Waals surface area contributed by atoms with Crippen molar-refractivity contribution in [2.75, 3.05) is 11.9 Å². The summed E-state index contributed by atoms with van der Waals surface area (Å²) in [6.07, 6.45) is 0.513. The van der Waals surface area contributed by atoms with Crippen molar-refractivity contribution in [1.29, 1.82) is 0 Å². The Balaban J connectivity index is 2.78. The molecule has 0 bridgehead atoms. The van der Waals surface area contributed by atoms with Crippen LogP contribution in [0.5, 0.6) is 0 Å². The molecule has 86 valence electrons. The number of aliphatic carboxylic acids is 1. The van der Waals surface area contributed by atoms with Gasteiger partial charge in [-0.25, -0.2) is 4.79 Å². The number of carbonyl (C=O) groups excluding carboxylic acids is 1. The molecule has 0 aliphatic carbocycles. The first-order chi connectivity index (χ1) is 7.50.